The fraction of sp³-hybridized carbons (Fsp3) is 0.424. The summed E-state index contributed by atoms with van der Waals surface area (Å²) in [5, 5.41) is 0.944. The summed E-state index contributed by atoms with van der Waals surface area (Å²) in [4.78, 5) is 39.8. The fourth-order valence-corrected chi connectivity index (χ4v) is 5.07. The van der Waals surface area contributed by atoms with E-state index in [9.17, 15) is 14.4 Å². The molecule has 1 aromatic heterocycles. The van der Waals surface area contributed by atoms with Gasteiger partial charge in [0.1, 0.15) is 11.2 Å². The first kappa shape index (κ1) is 29.9. The van der Waals surface area contributed by atoms with Crippen molar-refractivity contribution < 1.29 is 28.6 Å². The van der Waals surface area contributed by atoms with Crippen LogP contribution >= 0.6 is 0 Å². The van der Waals surface area contributed by atoms with E-state index in [2.05, 4.69) is 6.07 Å². The average Bonchev–Trinajstić information content (AvgIpc) is 3.46. The van der Waals surface area contributed by atoms with Crippen LogP contribution in [-0.4, -0.2) is 58.5 Å². The van der Waals surface area contributed by atoms with Crippen molar-refractivity contribution in [2.45, 2.75) is 78.0 Å². The van der Waals surface area contributed by atoms with E-state index < -0.39 is 23.3 Å². The molecule has 0 N–H and O–H groups in total. The number of aromatic nitrogens is 1. The van der Waals surface area contributed by atoms with Crippen LogP contribution in [0.5, 0.6) is 0 Å². The Labute approximate surface area is 241 Å². The highest BCUT2D eigenvalue weighted by Crippen LogP contribution is 2.30. The van der Waals surface area contributed by atoms with E-state index in [1.54, 1.807) is 10.6 Å². The van der Waals surface area contributed by atoms with E-state index in [1.165, 1.54) is 18.7 Å². The number of hydrogen-bond acceptors (Lipinski definition) is 6. The second kappa shape index (κ2) is 11.8. The Morgan fingerprint density at radius 3 is 2.32 bits per heavy atom. The third-order valence-electron chi connectivity index (χ3n) is 6.83. The van der Waals surface area contributed by atoms with Gasteiger partial charge < -0.3 is 19.1 Å². The Morgan fingerprint density at radius 2 is 1.63 bits per heavy atom. The lowest BCUT2D eigenvalue weighted by atomic mass is 10.1. The molecule has 8 heteroatoms. The van der Waals surface area contributed by atoms with Gasteiger partial charge >= 0.3 is 18.2 Å². The zero-order valence-electron chi connectivity index (χ0n) is 25.0. The Morgan fingerprint density at radius 1 is 0.951 bits per heavy atom. The van der Waals surface area contributed by atoms with Gasteiger partial charge in [0.2, 0.25) is 0 Å². The molecule has 0 radical (unpaired) electrons. The Kier molecular flexibility index (Phi) is 8.61. The first-order chi connectivity index (χ1) is 19.2. The molecule has 1 atom stereocenters. The topological polar surface area (TPSA) is 87.1 Å². The van der Waals surface area contributed by atoms with Crippen LogP contribution in [0.25, 0.3) is 17.0 Å². The minimum Gasteiger partial charge on any atom is -0.466 e. The fourth-order valence-electron chi connectivity index (χ4n) is 5.07. The highest BCUT2D eigenvalue weighted by Gasteiger charge is 2.33. The monoisotopic (exact) mass is 560 g/mol. The summed E-state index contributed by atoms with van der Waals surface area (Å²) in [6.45, 7) is 11.5. The van der Waals surface area contributed by atoms with Crippen LogP contribution in [0.15, 0.2) is 54.7 Å². The van der Waals surface area contributed by atoms with E-state index in [0.717, 1.165) is 27.6 Å². The zero-order chi connectivity index (χ0) is 29.9. The number of rotatable bonds is 6. The van der Waals surface area contributed by atoms with Gasteiger partial charge in [0.25, 0.3) is 0 Å². The lowest BCUT2D eigenvalue weighted by Crippen LogP contribution is -2.45. The van der Waals surface area contributed by atoms with Gasteiger partial charge in [-0.15, -0.1) is 0 Å². The normalized spacial score (nSPS) is 15.1. The number of ether oxygens (including phenoxy) is 3. The van der Waals surface area contributed by atoms with Crippen LogP contribution in [0, 0.1) is 0 Å². The summed E-state index contributed by atoms with van der Waals surface area (Å²) in [5.74, 6) is -0.410. The minimum absolute atomic E-state index is 0.0844. The van der Waals surface area contributed by atoms with Crippen molar-refractivity contribution in [3.63, 3.8) is 0 Å². The molecule has 3 aromatic rings. The van der Waals surface area contributed by atoms with Crippen LogP contribution < -0.4 is 0 Å². The molecular formula is C33H40N2O6. The minimum atomic E-state index is -0.640. The van der Waals surface area contributed by atoms with Gasteiger partial charge in [-0.05, 0) is 95.2 Å². The van der Waals surface area contributed by atoms with E-state index in [0.29, 0.717) is 25.8 Å². The second-order valence-corrected chi connectivity index (χ2v) is 12.4. The Bertz CT molecular complexity index is 1470. The first-order valence-electron chi connectivity index (χ1n) is 13.9. The number of benzene rings is 2. The summed E-state index contributed by atoms with van der Waals surface area (Å²) < 4.78 is 17.7. The predicted molar refractivity (Wildman–Crippen MR) is 159 cm³/mol. The predicted octanol–water partition coefficient (Wildman–Crippen LogP) is 6.56. The third-order valence-corrected chi connectivity index (χ3v) is 6.83. The lowest BCUT2D eigenvalue weighted by Gasteiger charge is -2.31. The maximum Gasteiger partial charge on any atom is 0.419 e. The van der Waals surface area contributed by atoms with E-state index in [4.69, 9.17) is 14.2 Å². The molecule has 0 aliphatic heterocycles. The van der Waals surface area contributed by atoms with Crippen molar-refractivity contribution in [1.29, 1.82) is 0 Å². The molecule has 8 nitrogen and oxygen atoms in total. The van der Waals surface area contributed by atoms with E-state index in [1.807, 2.05) is 89.0 Å². The number of nitrogens with zero attached hydrogens (tertiary/aromatic N) is 2. The number of amides is 1. The largest absolute Gasteiger partial charge is 0.466 e. The van der Waals surface area contributed by atoms with Crippen molar-refractivity contribution in [2.24, 2.45) is 0 Å². The molecule has 1 heterocycles. The van der Waals surface area contributed by atoms with Gasteiger partial charge in [0.05, 0.1) is 12.6 Å². The van der Waals surface area contributed by atoms with E-state index in [-0.39, 0.29) is 12.1 Å². The van der Waals surface area contributed by atoms with Crippen molar-refractivity contribution >= 4 is 35.1 Å². The van der Waals surface area contributed by atoms with Gasteiger partial charge in [-0.3, -0.25) is 4.57 Å². The number of para-hydroxylation sites is 1. The molecule has 0 bridgehead atoms. The molecule has 41 heavy (non-hydrogen) atoms. The summed E-state index contributed by atoms with van der Waals surface area (Å²) in [6.07, 6.45) is 6.05. The summed E-state index contributed by atoms with van der Waals surface area (Å²) in [7, 11) is 1.35. The highest BCUT2D eigenvalue weighted by molar-refractivity contribution is 5.92. The molecule has 0 saturated heterocycles. The van der Waals surface area contributed by atoms with Gasteiger partial charge in [0, 0.05) is 30.2 Å². The zero-order valence-corrected chi connectivity index (χ0v) is 25.0. The van der Waals surface area contributed by atoms with Gasteiger partial charge in [-0.1, -0.05) is 36.4 Å². The quantitative estimate of drug-likeness (QED) is 0.193. The molecule has 218 valence electrons. The molecule has 0 spiro atoms. The van der Waals surface area contributed by atoms with Crippen LogP contribution in [0.4, 0.5) is 9.59 Å². The molecule has 0 saturated carbocycles. The van der Waals surface area contributed by atoms with Crippen LogP contribution in [0.1, 0.15) is 63.8 Å². The Hall–Kier alpha value is -4.07. The van der Waals surface area contributed by atoms with Crippen LogP contribution in [0.3, 0.4) is 0 Å². The SMILES string of the molecule is COC(=O)/C=C/c1ccc2c(c1)CC(N(CCc1cn(C(=O)OC(C)(C)C)c3ccccc13)C(=O)OC(C)(C)C)C2. The second-order valence-electron chi connectivity index (χ2n) is 12.4. The van der Waals surface area contributed by atoms with Gasteiger partial charge in [-0.25, -0.2) is 14.4 Å². The molecular weight excluding hydrogens is 520 g/mol. The first-order valence-corrected chi connectivity index (χ1v) is 13.9. The maximum absolute atomic E-state index is 13.5. The van der Waals surface area contributed by atoms with Gasteiger partial charge in [0.15, 0.2) is 0 Å². The number of carbonyl (C=O) groups is 3. The molecule has 1 amide bonds. The average molecular weight is 561 g/mol. The number of carbonyl (C=O) groups excluding carboxylic acids is 3. The number of hydrogen-bond donors (Lipinski definition) is 0. The van der Waals surface area contributed by atoms with Crippen molar-refractivity contribution in [3.05, 3.63) is 77.0 Å². The molecule has 1 unspecified atom stereocenters. The number of fused-ring (bicyclic) bond motifs is 2. The maximum atomic E-state index is 13.5. The third kappa shape index (κ3) is 7.57. The van der Waals surface area contributed by atoms with Crippen LogP contribution in [-0.2, 0) is 38.3 Å². The highest BCUT2D eigenvalue weighted by atomic mass is 16.6. The van der Waals surface area contributed by atoms with E-state index >= 15 is 0 Å². The lowest BCUT2D eigenvalue weighted by molar-refractivity contribution is -0.134. The summed E-state index contributed by atoms with van der Waals surface area (Å²) in [6, 6.07) is 13.7. The number of esters is 1. The van der Waals surface area contributed by atoms with Crippen molar-refractivity contribution in [2.75, 3.05) is 13.7 Å². The van der Waals surface area contributed by atoms with Crippen molar-refractivity contribution in [1.82, 2.24) is 9.47 Å². The van der Waals surface area contributed by atoms with Gasteiger partial charge in [-0.2, -0.15) is 0 Å². The number of methoxy groups -OCH3 is 1. The molecule has 0 fully saturated rings. The van der Waals surface area contributed by atoms with Crippen LogP contribution in [0.2, 0.25) is 0 Å². The molecule has 1 aliphatic rings. The summed E-state index contributed by atoms with van der Waals surface area (Å²) >= 11 is 0. The molecule has 4 rings (SSSR count). The molecule has 1 aliphatic carbocycles. The molecule has 2 aromatic carbocycles. The smallest absolute Gasteiger partial charge is 0.419 e. The summed E-state index contributed by atoms with van der Waals surface area (Å²) in [5.41, 5.74) is 3.65. The Balaban J connectivity index is 1.58. The van der Waals surface area contributed by atoms with Crippen molar-refractivity contribution in [3.8, 4) is 0 Å². The standard InChI is InChI=1S/C33H40N2O6/c1-32(2,3)40-30(37)34(26-19-23-14-12-22(18-25(23)20-26)13-15-29(36)39-7)17-16-24-21-35(31(38)41-33(4,5)6)28-11-9-8-10-27(24)28/h8-15,18,21,26H,16-17,19-20H2,1-7H3/b15-13+.